The summed E-state index contributed by atoms with van der Waals surface area (Å²) in [6.45, 7) is 0. The molecule has 0 spiro atoms. The second-order valence-corrected chi connectivity index (χ2v) is 2.99. The zero-order valence-electron chi connectivity index (χ0n) is 5.75. The first-order valence-corrected chi connectivity index (χ1v) is 3.98. The predicted octanol–water partition coefficient (Wildman–Crippen LogP) is 0.339. The van der Waals surface area contributed by atoms with Gasteiger partial charge in [0, 0.05) is 0 Å². The van der Waals surface area contributed by atoms with Crippen LogP contribution in [-0.2, 0) is 11.1 Å². The highest BCUT2D eigenvalue weighted by molar-refractivity contribution is 7.79. The average molecular weight is 188 g/mol. The topological polar surface area (TPSA) is 37.3 Å². The third-order valence-corrected chi connectivity index (χ3v) is 1.93. The minimum atomic E-state index is -2.53. The molecule has 1 N–H and O–H groups in total. The maximum Gasteiger partial charge on any atom is 0.189 e. The van der Waals surface area contributed by atoms with Crippen molar-refractivity contribution in [3.63, 3.8) is 0 Å². The van der Waals surface area contributed by atoms with Gasteiger partial charge in [0.15, 0.2) is 11.1 Å². The molecule has 2 nitrogen and oxygen atoms in total. The predicted molar refractivity (Wildman–Crippen MR) is 40.8 cm³/mol. The monoisotopic (exact) mass is 188 g/mol. The molecule has 0 saturated heterocycles. The second kappa shape index (κ2) is 3.32. The minimum absolute atomic E-state index is 0.387. The van der Waals surface area contributed by atoms with Crippen LogP contribution in [0.25, 0.3) is 0 Å². The van der Waals surface area contributed by atoms with Gasteiger partial charge in [-0.1, -0.05) is 5.46 Å². The summed E-state index contributed by atoms with van der Waals surface area (Å²) in [7, 11) is 4.99. The Balaban J connectivity index is 3.33. The summed E-state index contributed by atoms with van der Waals surface area (Å²) in [6.07, 6.45) is 0. The summed E-state index contributed by atoms with van der Waals surface area (Å²) in [4.78, 5) is -0.610. The number of halogens is 2. The van der Waals surface area contributed by atoms with Crippen molar-refractivity contribution < 1.29 is 17.5 Å². The molecule has 0 aliphatic rings. The largest absolute Gasteiger partial charge is 0.302 e. The molecule has 0 bridgehead atoms. The van der Waals surface area contributed by atoms with Crippen LogP contribution >= 0.6 is 0 Å². The van der Waals surface area contributed by atoms with E-state index in [2.05, 4.69) is 0 Å². The Morgan fingerprint density at radius 3 is 2.42 bits per heavy atom. The normalized spacial score (nSPS) is 12.9. The maximum absolute atomic E-state index is 12.7. The highest BCUT2D eigenvalue weighted by atomic mass is 32.2. The van der Waals surface area contributed by atoms with Crippen LogP contribution < -0.4 is 5.46 Å². The first-order chi connectivity index (χ1) is 5.52. The molecule has 1 aromatic carbocycles. The SMILES string of the molecule is [B]c1cc(F)c(S(=O)O)cc1F. The zero-order valence-corrected chi connectivity index (χ0v) is 6.57. The molecular formula is C6H3BF2O2S. The molecule has 1 atom stereocenters. The number of hydrogen-bond acceptors (Lipinski definition) is 1. The lowest BCUT2D eigenvalue weighted by atomic mass is 9.96. The van der Waals surface area contributed by atoms with Crippen molar-refractivity contribution in [3.05, 3.63) is 23.8 Å². The molecule has 0 aliphatic carbocycles. The van der Waals surface area contributed by atoms with E-state index in [4.69, 9.17) is 12.4 Å². The molecule has 6 heteroatoms. The van der Waals surface area contributed by atoms with Crippen LogP contribution in [0.4, 0.5) is 8.78 Å². The van der Waals surface area contributed by atoms with Crippen molar-refractivity contribution in [1.29, 1.82) is 0 Å². The van der Waals surface area contributed by atoms with E-state index < -0.39 is 27.6 Å². The molecule has 1 unspecified atom stereocenters. The van der Waals surface area contributed by atoms with Gasteiger partial charge in [-0.05, 0) is 12.1 Å². The lowest BCUT2D eigenvalue weighted by molar-refractivity contribution is 0.538. The molecule has 0 heterocycles. The van der Waals surface area contributed by atoms with E-state index in [0.29, 0.717) is 12.1 Å². The van der Waals surface area contributed by atoms with Crippen LogP contribution in [0.1, 0.15) is 0 Å². The lowest BCUT2D eigenvalue weighted by Gasteiger charge is -2.00. The fourth-order valence-corrected chi connectivity index (χ4v) is 1.11. The van der Waals surface area contributed by atoms with Crippen LogP contribution in [0, 0.1) is 11.6 Å². The van der Waals surface area contributed by atoms with E-state index in [-0.39, 0.29) is 5.46 Å². The Labute approximate surface area is 71.3 Å². The molecule has 2 radical (unpaired) electrons. The van der Waals surface area contributed by atoms with Crippen LogP contribution in [0.5, 0.6) is 0 Å². The fourth-order valence-electron chi connectivity index (χ4n) is 0.678. The summed E-state index contributed by atoms with van der Waals surface area (Å²) < 4.78 is 44.1. The van der Waals surface area contributed by atoms with Crippen molar-refractivity contribution in [2.75, 3.05) is 0 Å². The Bertz CT molecular complexity index is 343. The summed E-state index contributed by atoms with van der Waals surface area (Å²) in [5.74, 6) is -1.90. The first-order valence-electron chi connectivity index (χ1n) is 2.87. The average Bonchev–Trinajstić information content (AvgIpc) is 1.96. The molecule has 1 rings (SSSR count). The molecule has 0 saturated carbocycles. The van der Waals surface area contributed by atoms with Gasteiger partial charge in [-0.15, -0.1) is 0 Å². The van der Waals surface area contributed by atoms with Crippen LogP contribution in [0.3, 0.4) is 0 Å². The highest BCUT2D eigenvalue weighted by Gasteiger charge is 2.10. The van der Waals surface area contributed by atoms with Gasteiger partial charge < -0.3 is 4.55 Å². The molecule has 62 valence electrons. The van der Waals surface area contributed by atoms with Crippen molar-refractivity contribution in [1.82, 2.24) is 0 Å². The van der Waals surface area contributed by atoms with Gasteiger partial charge in [-0.2, -0.15) is 0 Å². The van der Waals surface area contributed by atoms with Crippen LogP contribution in [0.15, 0.2) is 17.0 Å². The Kier molecular flexibility index (Phi) is 2.59. The van der Waals surface area contributed by atoms with E-state index in [1.54, 1.807) is 0 Å². The van der Waals surface area contributed by atoms with Gasteiger partial charge in [-0.25, -0.2) is 13.0 Å². The van der Waals surface area contributed by atoms with Gasteiger partial charge >= 0.3 is 0 Å². The summed E-state index contributed by atoms with van der Waals surface area (Å²) in [6, 6.07) is 1.26. The standard InChI is InChI=1S/C6H3BF2O2S/c7-3-1-5(9)6(12(10)11)2-4(3)8/h1-2H,(H,10,11). The van der Waals surface area contributed by atoms with Gasteiger partial charge in [-0.3, -0.25) is 0 Å². The van der Waals surface area contributed by atoms with Gasteiger partial charge in [0.1, 0.15) is 24.4 Å². The lowest BCUT2D eigenvalue weighted by Crippen LogP contribution is -2.11. The van der Waals surface area contributed by atoms with Crippen molar-refractivity contribution in [2.45, 2.75) is 4.90 Å². The maximum atomic E-state index is 12.7. The first kappa shape index (κ1) is 9.34. The molecule has 0 amide bonds. The molecule has 1 aromatic rings. The number of benzene rings is 1. The van der Waals surface area contributed by atoms with E-state index in [1.807, 2.05) is 0 Å². The third kappa shape index (κ3) is 1.70. The van der Waals surface area contributed by atoms with Gasteiger partial charge in [0.05, 0.1) is 0 Å². The smallest absolute Gasteiger partial charge is 0.189 e. The summed E-state index contributed by atoms with van der Waals surface area (Å²) in [5.41, 5.74) is -0.387. The third-order valence-electron chi connectivity index (χ3n) is 1.24. The fraction of sp³-hybridized carbons (Fsp3) is 0. The van der Waals surface area contributed by atoms with E-state index in [0.717, 1.165) is 0 Å². The molecule has 12 heavy (non-hydrogen) atoms. The molecule has 0 fully saturated rings. The quantitative estimate of drug-likeness (QED) is 0.509. The Hall–Kier alpha value is -0.745. The molecule has 0 aromatic heterocycles. The number of rotatable bonds is 1. The van der Waals surface area contributed by atoms with Crippen molar-refractivity contribution in [2.24, 2.45) is 0 Å². The van der Waals surface area contributed by atoms with E-state index in [9.17, 15) is 13.0 Å². The van der Waals surface area contributed by atoms with Crippen LogP contribution in [0.2, 0.25) is 0 Å². The van der Waals surface area contributed by atoms with Gasteiger partial charge in [0.25, 0.3) is 0 Å². The van der Waals surface area contributed by atoms with Crippen LogP contribution in [-0.4, -0.2) is 16.6 Å². The Morgan fingerprint density at radius 2 is 1.92 bits per heavy atom. The van der Waals surface area contributed by atoms with Crippen molar-refractivity contribution in [3.8, 4) is 0 Å². The summed E-state index contributed by atoms with van der Waals surface area (Å²) in [5, 5.41) is 0. The number of hydrogen-bond donors (Lipinski definition) is 1. The Morgan fingerprint density at radius 1 is 1.33 bits per heavy atom. The van der Waals surface area contributed by atoms with Crippen molar-refractivity contribution >= 4 is 24.4 Å². The van der Waals surface area contributed by atoms with E-state index >= 15 is 0 Å². The highest BCUT2D eigenvalue weighted by Crippen LogP contribution is 2.10. The zero-order chi connectivity index (χ0) is 9.30. The minimum Gasteiger partial charge on any atom is -0.302 e. The van der Waals surface area contributed by atoms with E-state index in [1.165, 1.54) is 0 Å². The second-order valence-electron chi connectivity index (χ2n) is 2.05. The summed E-state index contributed by atoms with van der Waals surface area (Å²) >= 11 is -2.53. The van der Waals surface area contributed by atoms with Gasteiger partial charge in [0.2, 0.25) is 0 Å². The molecular weight excluding hydrogens is 185 g/mol. The molecule has 0 aliphatic heterocycles.